The number of nitrogens with one attached hydrogen (secondary N) is 2. The van der Waals surface area contributed by atoms with Crippen molar-refractivity contribution in [1.29, 1.82) is 0 Å². The van der Waals surface area contributed by atoms with Crippen molar-refractivity contribution in [1.82, 2.24) is 20.7 Å². The molecular weight excluding hydrogens is 349 g/mol. The van der Waals surface area contributed by atoms with Gasteiger partial charge in [0.2, 0.25) is 0 Å². The second-order valence-corrected chi connectivity index (χ2v) is 6.26. The Bertz CT molecular complexity index is 974. The number of urea groups is 1. The number of amides is 2. The van der Waals surface area contributed by atoms with Gasteiger partial charge in [-0.3, -0.25) is 4.90 Å². The van der Waals surface area contributed by atoms with E-state index in [1.807, 2.05) is 18.2 Å². The van der Waals surface area contributed by atoms with E-state index >= 15 is 0 Å². The first-order valence-corrected chi connectivity index (χ1v) is 8.52. The van der Waals surface area contributed by atoms with Crippen molar-refractivity contribution < 1.29 is 13.9 Å². The molecule has 138 valence electrons. The summed E-state index contributed by atoms with van der Waals surface area (Å²) in [5.74, 6) is 0.0247. The lowest BCUT2D eigenvalue weighted by Crippen LogP contribution is -2.38. The van der Waals surface area contributed by atoms with E-state index in [2.05, 4.69) is 20.7 Å². The third-order valence-corrected chi connectivity index (χ3v) is 4.54. The van der Waals surface area contributed by atoms with E-state index in [0.29, 0.717) is 17.9 Å². The maximum atomic E-state index is 13.6. The molecule has 0 radical (unpaired) electrons. The molecule has 3 aromatic rings. The second kappa shape index (κ2) is 7.06. The number of rotatable bonds is 4. The molecule has 27 heavy (non-hydrogen) atoms. The molecule has 2 heterocycles. The number of aromatic amines is 1. The fourth-order valence-electron chi connectivity index (χ4n) is 3.23. The first kappa shape index (κ1) is 17.0. The van der Waals surface area contributed by atoms with Crippen LogP contribution < -0.4 is 15.0 Å². The molecule has 8 heteroatoms. The quantitative estimate of drug-likeness (QED) is 0.743. The Morgan fingerprint density at radius 2 is 2.22 bits per heavy atom. The molecule has 2 amide bonds. The molecule has 2 aromatic carbocycles. The molecule has 7 nitrogen and oxygen atoms in total. The van der Waals surface area contributed by atoms with E-state index in [1.54, 1.807) is 17.2 Å². The number of hydrogen-bond acceptors (Lipinski definition) is 4. The van der Waals surface area contributed by atoms with Crippen molar-refractivity contribution in [3.63, 3.8) is 0 Å². The average molecular weight is 367 g/mol. The Morgan fingerprint density at radius 3 is 3.00 bits per heavy atom. The predicted octanol–water partition coefficient (Wildman–Crippen LogP) is 2.89. The van der Waals surface area contributed by atoms with Crippen LogP contribution in [0.1, 0.15) is 11.1 Å². The number of nitrogens with zero attached hydrogens (tertiary/aromatic N) is 3. The van der Waals surface area contributed by atoms with Crippen LogP contribution in [0, 0.1) is 5.82 Å². The number of methoxy groups -OCH3 is 1. The van der Waals surface area contributed by atoms with Gasteiger partial charge in [0, 0.05) is 30.4 Å². The lowest BCUT2D eigenvalue weighted by molar-refractivity contribution is 0.246. The molecule has 0 bridgehead atoms. The molecule has 4 rings (SSSR count). The van der Waals surface area contributed by atoms with Crippen LogP contribution in [0.5, 0.6) is 5.75 Å². The summed E-state index contributed by atoms with van der Waals surface area (Å²) in [6, 6.07) is 10.0. The minimum atomic E-state index is -0.398. The zero-order valence-corrected chi connectivity index (χ0v) is 14.7. The Hall–Kier alpha value is -3.42. The topological polar surface area (TPSA) is 83.1 Å². The van der Waals surface area contributed by atoms with Gasteiger partial charge in [0.1, 0.15) is 17.3 Å². The van der Waals surface area contributed by atoms with Crippen LogP contribution in [-0.2, 0) is 13.0 Å². The summed E-state index contributed by atoms with van der Waals surface area (Å²) in [7, 11) is 1.48. The number of anilines is 1. The van der Waals surface area contributed by atoms with Gasteiger partial charge in [-0.25, -0.2) is 9.18 Å². The number of fused-ring (bicyclic) bond motifs is 1. The highest BCUT2D eigenvalue weighted by Gasteiger charge is 2.25. The van der Waals surface area contributed by atoms with E-state index < -0.39 is 5.82 Å². The smallest absolute Gasteiger partial charge is 0.322 e. The van der Waals surface area contributed by atoms with Crippen LogP contribution >= 0.6 is 0 Å². The second-order valence-electron chi connectivity index (χ2n) is 6.26. The first-order valence-electron chi connectivity index (χ1n) is 8.52. The molecule has 0 spiro atoms. The van der Waals surface area contributed by atoms with Gasteiger partial charge in [-0.15, -0.1) is 0 Å². The van der Waals surface area contributed by atoms with Gasteiger partial charge >= 0.3 is 6.03 Å². The van der Waals surface area contributed by atoms with Gasteiger partial charge in [0.15, 0.2) is 0 Å². The van der Waals surface area contributed by atoms with Crippen molar-refractivity contribution in [2.24, 2.45) is 0 Å². The highest BCUT2D eigenvalue weighted by Crippen LogP contribution is 2.31. The van der Waals surface area contributed by atoms with Crippen LogP contribution in [0.4, 0.5) is 14.9 Å². The minimum absolute atomic E-state index is 0.217. The number of aromatic nitrogens is 3. The molecule has 1 aromatic heterocycles. The first-order chi connectivity index (χ1) is 13.1. The Labute approximate surface area is 155 Å². The summed E-state index contributed by atoms with van der Waals surface area (Å²) in [4.78, 5) is 14.3. The van der Waals surface area contributed by atoms with Crippen LogP contribution in [0.25, 0.3) is 11.3 Å². The maximum absolute atomic E-state index is 13.6. The fraction of sp³-hybridized carbons (Fsp3) is 0.211. The van der Waals surface area contributed by atoms with Crippen LogP contribution in [0.3, 0.4) is 0 Å². The highest BCUT2D eigenvalue weighted by atomic mass is 19.1. The number of H-pyrrole nitrogens is 1. The Kier molecular flexibility index (Phi) is 4.45. The predicted molar refractivity (Wildman–Crippen MR) is 98.1 cm³/mol. The summed E-state index contributed by atoms with van der Waals surface area (Å²) in [5.41, 5.74) is 4.31. The van der Waals surface area contributed by atoms with Gasteiger partial charge in [-0.05, 0) is 41.8 Å². The van der Waals surface area contributed by atoms with E-state index in [9.17, 15) is 9.18 Å². The monoisotopic (exact) mass is 367 g/mol. The van der Waals surface area contributed by atoms with Gasteiger partial charge < -0.3 is 10.1 Å². The summed E-state index contributed by atoms with van der Waals surface area (Å²) < 4.78 is 18.6. The number of benzene rings is 2. The van der Waals surface area contributed by atoms with Gasteiger partial charge in [0.25, 0.3) is 0 Å². The molecule has 0 aliphatic carbocycles. The van der Waals surface area contributed by atoms with E-state index in [4.69, 9.17) is 4.74 Å². The van der Waals surface area contributed by atoms with Gasteiger partial charge in [-0.2, -0.15) is 15.4 Å². The SMILES string of the molecule is COc1cc(F)cc(CNC(=O)N2CCc3cc(-c4cn[nH]n4)ccc32)c1. The standard InChI is InChI=1S/C19H18FN5O2/c1-27-16-7-12(6-15(20)9-16)10-21-19(26)25-5-4-14-8-13(2-3-18(14)25)17-11-22-24-23-17/h2-3,6-9,11H,4-5,10H2,1H3,(H,21,26)(H,22,23,24). The highest BCUT2D eigenvalue weighted by molar-refractivity contribution is 5.94. The number of halogens is 1. The lowest BCUT2D eigenvalue weighted by Gasteiger charge is -2.18. The van der Waals surface area contributed by atoms with Gasteiger partial charge in [0.05, 0.1) is 13.3 Å². The number of hydrogen-bond donors (Lipinski definition) is 2. The molecule has 1 aliphatic heterocycles. The summed E-state index contributed by atoms with van der Waals surface area (Å²) >= 11 is 0. The average Bonchev–Trinajstić information content (AvgIpc) is 3.34. The van der Waals surface area contributed by atoms with Crippen molar-refractivity contribution in [2.45, 2.75) is 13.0 Å². The van der Waals surface area contributed by atoms with Crippen molar-refractivity contribution >= 4 is 11.7 Å². The van der Waals surface area contributed by atoms with E-state index in [-0.39, 0.29) is 12.6 Å². The lowest BCUT2D eigenvalue weighted by atomic mass is 10.1. The summed E-state index contributed by atoms with van der Waals surface area (Å²) in [6.45, 7) is 0.811. The summed E-state index contributed by atoms with van der Waals surface area (Å²) in [5, 5.41) is 13.3. The molecule has 0 fully saturated rings. The van der Waals surface area contributed by atoms with E-state index in [0.717, 1.165) is 28.9 Å². The zero-order chi connectivity index (χ0) is 18.8. The number of carbonyl (C=O) groups is 1. The third kappa shape index (κ3) is 3.46. The largest absolute Gasteiger partial charge is 0.497 e. The van der Waals surface area contributed by atoms with Crippen LogP contribution in [0.15, 0.2) is 42.6 Å². The van der Waals surface area contributed by atoms with Crippen molar-refractivity contribution in [3.05, 3.63) is 59.5 Å². The maximum Gasteiger partial charge on any atom is 0.322 e. The molecular formula is C19H18FN5O2. The Morgan fingerprint density at radius 1 is 1.33 bits per heavy atom. The van der Waals surface area contributed by atoms with Crippen LogP contribution in [0.2, 0.25) is 0 Å². The number of ether oxygens (including phenoxy) is 1. The summed E-state index contributed by atoms with van der Waals surface area (Å²) in [6.07, 6.45) is 2.43. The molecule has 0 saturated carbocycles. The zero-order valence-electron chi connectivity index (χ0n) is 14.7. The minimum Gasteiger partial charge on any atom is -0.497 e. The van der Waals surface area contributed by atoms with Crippen molar-refractivity contribution in [3.8, 4) is 17.0 Å². The molecule has 0 saturated heterocycles. The molecule has 0 unspecified atom stereocenters. The Balaban J connectivity index is 1.46. The third-order valence-electron chi connectivity index (χ3n) is 4.54. The fourth-order valence-corrected chi connectivity index (χ4v) is 3.23. The molecule has 2 N–H and O–H groups in total. The van der Waals surface area contributed by atoms with Crippen LogP contribution in [-0.4, -0.2) is 35.1 Å². The van der Waals surface area contributed by atoms with Crippen molar-refractivity contribution in [2.75, 3.05) is 18.6 Å². The number of carbonyl (C=O) groups excluding carboxylic acids is 1. The normalized spacial score (nSPS) is 12.7. The van der Waals surface area contributed by atoms with E-state index in [1.165, 1.54) is 19.2 Å². The molecule has 1 aliphatic rings. The molecule has 0 atom stereocenters. The van der Waals surface area contributed by atoms with Gasteiger partial charge in [-0.1, -0.05) is 6.07 Å².